The molecule has 0 radical (unpaired) electrons. The Bertz CT molecular complexity index is 952. The van der Waals surface area contributed by atoms with Crippen molar-refractivity contribution in [1.82, 2.24) is 5.32 Å². The molecule has 0 spiro atoms. The van der Waals surface area contributed by atoms with Gasteiger partial charge in [-0.05, 0) is 42.5 Å². The molecule has 2 aromatic carbocycles. The molecule has 166 valence electrons. The number of carbonyl (C=O) groups excluding carboxylic acids is 2. The highest BCUT2D eigenvalue weighted by Gasteiger charge is 2.18. The standard InChI is InChI=1S/C22H27N3O5S/c1-13(2)21(27)25(3)16-9-7-8-15(12-16)23-22(31)24-20(26)14-10-17(28-4)19(30-6)18(11-14)29-5/h7-13H,1-6H3,(H2,23,24,26,31). The molecule has 0 saturated heterocycles. The van der Waals surface area contributed by atoms with Gasteiger partial charge in [0, 0.05) is 29.9 Å². The van der Waals surface area contributed by atoms with Crippen molar-refractivity contribution >= 4 is 40.5 Å². The summed E-state index contributed by atoms with van der Waals surface area (Å²) in [6, 6.07) is 10.3. The van der Waals surface area contributed by atoms with Crippen LogP contribution in [-0.2, 0) is 4.79 Å². The smallest absolute Gasteiger partial charge is 0.257 e. The molecule has 0 heterocycles. The maximum Gasteiger partial charge on any atom is 0.257 e. The van der Waals surface area contributed by atoms with Crippen LogP contribution in [0, 0.1) is 5.92 Å². The van der Waals surface area contributed by atoms with E-state index in [1.165, 1.54) is 33.5 Å². The molecular formula is C22H27N3O5S. The number of amides is 2. The van der Waals surface area contributed by atoms with E-state index < -0.39 is 5.91 Å². The van der Waals surface area contributed by atoms with Crippen LogP contribution in [0.3, 0.4) is 0 Å². The molecule has 8 nitrogen and oxygen atoms in total. The third-order valence-corrected chi connectivity index (χ3v) is 4.67. The van der Waals surface area contributed by atoms with Crippen molar-refractivity contribution in [3.05, 3.63) is 42.0 Å². The number of benzene rings is 2. The lowest BCUT2D eigenvalue weighted by molar-refractivity contribution is -0.121. The number of methoxy groups -OCH3 is 3. The molecule has 2 rings (SSSR count). The second kappa shape index (κ2) is 10.6. The highest BCUT2D eigenvalue weighted by Crippen LogP contribution is 2.38. The molecule has 31 heavy (non-hydrogen) atoms. The average molecular weight is 446 g/mol. The van der Waals surface area contributed by atoms with Crippen molar-refractivity contribution in [2.24, 2.45) is 5.92 Å². The van der Waals surface area contributed by atoms with Crippen LogP contribution in [0.2, 0.25) is 0 Å². The van der Waals surface area contributed by atoms with Gasteiger partial charge in [-0.3, -0.25) is 14.9 Å². The van der Waals surface area contributed by atoms with Crippen LogP contribution >= 0.6 is 12.2 Å². The number of hydrogen-bond donors (Lipinski definition) is 2. The number of hydrogen-bond acceptors (Lipinski definition) is 6. The molecule has 0 aliphatic rings. The van der Waals surface area contributed by atoms with Crippen LogP contribution in [0.5, 0.6) is 17.2 Å². The Balaban J connectivity index is 2.14. The molecule has 0 aliphatic heterocycles. The van der Waals surface area contributed by atoms with Crippen LogP contribution in [-0.4, -0.2) is 45.3 Å². The van der Waals surface area contributed by atoms with E-state index >= 15 is 0 Å². The molecule has 0 bridgehead atoms. The fourth-order valence-corrected chi connectivity index (χ4v) is 3.07. The van der Waals surface area contributed by atoms with Crippen molar-refractivity contribution in [3.63, 3.8) is 0 Å². The lowest BCUT2D eigenvalue weighted by Gasteiger charge is -2.20. The Hall–Kier alpha value is -3.33. The van der Waals surface area contributed by atoms with Crippen molar-refractivity contribution in [2.75, 3.05) is 38.6 Å². The van der Waals surface area contributed by atoms with Crippen LogP contribution < -0.4 is 29.7 Å². The number of anilines is 2. The van der Waals surface area contributed by atoms with Crippen LogP contribution in [0.4, 0.5) is 11.4 Å². The van der Waals surface area contributed by atoms with E-state index in [1.54, 1.807) is 30.1 Å². The molecule has 0 atom stereocenters. The van der Waals surface area contributed by atoms with Gasteiger partial charge < -0.3 is 24.4 Å². The Labute approximate surface area is 187 Å². The topological polar surface area (TPSA) is 89.1 Å². The van der Waals surface area contributed by atoms with E-state index in [2.05, 4.69) is 10.6 Å². The first-order chi connectivity index (χ1) is 14.7. The number of rotatable bonds is 7. The Morgan fingerprint density at radius 3 is 2.13 bits per heavy atom. The highest BCUT2D eigenvalue weighted by molar-refractivity contribution is 7.80. The monoisotopic (exact) mass is 445 g/mol. The zero-order valence-electron chi connectivity index (χ0n) is 18.4. The quantitative estimate of drug-likeness (QED) is 0.631. The molecule has 2 amide bonds. The SMILES string of the molecule is COc1cc(C(=O)NC(=S)Nc2cccc(N(C)C(=O)C(C)C)c2)cc(OC)c1OC. The van der Waals surface area contributed by atoms with E-state index in [-0.39, 0.29) is 22.5 Å². The number of nitrogens with one attached hydrogen (secondary N) is 2. The Morgan fingerprint density at radius 1 is 1.00 bits per heavy atom. The summed E-state index contributed by atoms with van der Waals surface area (Å²) in [6.07, 6.45) is 0. The fraction of sp³-hybridized carbons (Fsp3) is 0.318. The van der Waals surface area contributed by atoms with E-state index in [1.807, 2.05) is 19.9 Å². The number of thiocarbonyl (C=S) groups is 1. The third kappa shape index (κ3) is 5.85. The second-order valence-electron chi connectivity index (χ2n) is 6.92. The maximum absolute atomic E-state index is 12.7. The minimum atomic E-state index is -0.444. The van der Waals surface area contributed by atoms with E-state index in [0.717, 1.165) is 0 Å². The van der Waals surface area contributed by atoms with Crippen molar-refractivity contribution in [3.8, 4) is 17.2 Å². The van der Waals surface area contributed by atoms with Gasteiger partial charge in [-0.15, -0.1) is 0 Å². The van der Waals surface area contributed by atoms with Gasteiger partial charge in [0.05, 0.1) is 21.3 Å². The molecule has 0 fully saturated rings. The lowest BCUT2D eigenvalue weighted by Crippen LogP contribution is -2.34. The summed E-state index contributed by atoms with van der Waals surface area (Å²) < 4.78 is 15.8. The van der Waals surface area contributed by atoms with Gasteiger partial charge in [-0.25, -0.2) is 0 Å². The van der Waals surface area contributed by atoms with Crippen LogP contribution in [0.25, 0.3) is 0 Å². The minimum Gasteiger partial charge on any atom is -0.493 e. The predicted octanol–water partition coefficient (Wildman–Crippen LogP) is 3.46. The van der Waals surface area contributed by atoms with Crippen molar-refractivity contribution in [1.29, 1.82) is 0 Å². The highest BCUT2D eigenvalue weighted by atomic mass is 32.1. The molecule has 2 N–H and O–H groups in total. The normalized spacial score (nSPS) is 10.3. The predicted molar refractivity (Wildman–Crippen MR) is 124 cm³/mol. The van der Waals surface area contributed by atoms with Gasteiger partial charge in [0.2, 0.25) is 11.7 Å². The lowest BCUT2D eigenvalue weighted by atomic mass is 10.1. The molecule has 0 saturated carbocycles. The zero-order chi connectivity index (χ0) is 23.1. The molecule has 0 aromatic heterocycles. The minimum absolute atomic E-state index is 0.00423. The molecule has 9 heteroatoms. The second-order valence-corrected chi connectivity index (χ2v) is 7.33. The van der Waals surface area contributed by atoms with Gasteiger partial charge >= 0.3 is 0 Å². The van der Waals surface area contributed by atoms with E-state index in [9.17, 15) is 9.59 Å². The Morgan fingerprint density at radius 2 is 1.61 bits per heavy atom. The number of carbonyl (C=O) groups is 2. The molecule has 2 aromatic rings. The third-order valence-electron chi connectivity index (χ3n) is 4.47. The van der Waals surface area contributed by atoms with Gasteiger partial charge in [-0.1, -0.05) is 19.9 Å². The summed E-state index contributed by atoms with van der Waals surface area (Å²) in [4.78, 5) is 26.5. The van der Waals surface area contributed by atoms with Gasteiger partial charge in [0.25, 0.3) is 5.91 Å². The fourth-order valence-electron chi connectivity index (χ4n) is 2.86. The molecular weight excluding hydrogens is 418 g/mol. The number of ether oxygens (including phenoxy) is 3. The molecule has 0 unspecified atom stereocenters. The first-order valence-electron chi connectivity index (χ1n) is 9.51. The summed E-state index contributed by atoms with van der Waals surface area (Å²) >= 11 is 5.27. The van der Waals surface area contributed by atoms with Crippen LogP contribution in [0.1, 0.15) is 24.2 Å². The van der Waals surface area contributed by atoms with Gasteiger partial charge in [-0.2, -0.15) is 0 Å². The summed E-state index contributed by atoms with van der Waals surface area (Å²) in [5.41, 5.74) is 1.63. The van der Waals surface area contributed by atoms with Gasteiger partial charge in [0.1, 0.15) is 0 Å². The first-order valence-corrected chi connectivity index (χ1v) is 9.92. The maximum atomic E-state index is 12.7. The molecule has 0 aliphatic carbocycles. The summed E-state index contributed by atoms with van der Waals surface area (Å²) in [7, 11) is 6.14. The summed E-state index contributed by atoms with van der Waals surface area (Å²) in [5, 5.41) is 5.69. The first kappa shape index (κ1) is 23.9. The summed E-state index contributed by atoms with van der Waals surface area (Å²) in [6.45, 7) is 3.68. The zero-order valence-corrected chi connectivity index (χ0v) is 19.3. The Kier molecular flexibility index (Phi) is 8.21. The van der Waals surface area contributed by atoms with E-state index in [4.69, 9.17) is 26.4 Å². The van der Waals surface area contributed by atoms with Gasteiger partial charge in [0.15, 0.2) is 16.6 Å². The largest absolute Gasteiger partial charge is 0.493 e. The summed E-state index contributed by atoms with van der Waals surface area (Å²) in [5.74, 6) is 0.530. The number of nitrogens with zero attached hydrogens (tertiary/aromatic N) is 1. The van der Waals surface area contributed by atoms with Crippen molar-refractivity contribution in [2.45, 2.75) is 13.8 Å². The average Bonchev–Trinajstić information content (AvgIpc) is 2.76. The van der Waals surface area contributed by atoms with E-state index in [0.29, 0.717) is 28.6 Å². The van der Waals surface area contributed by atoms with Crippen molar-refractivity contribution < 1.29 is 23.8 Å². The van der Waals surface area contributed by atoms with Crippen LogP contribution in [0.15, 0.2) is 36.4 Å².